The minimum absolute atomic E-state index is 0.111. The summed E-state index contributed by atoms with van der Waals surface area (Å²) in [7, 11) is 3.48. The zero-order valence-electron chi connectivity index (χ0n) is 9.60. The fourth-order valence-corrected chi connectivity index (χ4v) is 2.16. The van der Waals surface area contributed by atoms with Crippen molar-refractivity contribution in [2.24, 2.45) is 0 Å². The van der Waals surface area contributed by atoms with Crippen LogP contribution in [0, 0.1) is 0 Å². The Bertz CT molecular complexity index is 371. The molecule has 0 saturated carbocycles. The van der Waals surface area contributed by atoms with Crippen LogP contribution in [0.5, 0.6) is 5.75 Å². The molecule has 1 atom stereocenters. The number of hydrogen-bond acceptors (Lipinski definition) is 3. The van der Waals surface area contributed by atoms with Crippen molar-refractivity contribution >= 4 is 39.1 Å². The van der Waals surface area contributed by atoms with Gasteiger partial charge in [-0.05, 0) is 29.0 Å². The first-order chi connectivity index (χ1) is 8.08. The third-order valence-electron chi connectivity index (χ3n) is 2.05. The molecule has 1 aromatic rings. The van der Waals surface area contributed by atoms with Gasteiger partial charge in [0.15, 0.2) is 0 Å². The Morgan fingerprint density at radius 3 is 2.65 bits per heavy atom. The third kappa shape index (κ3) is 4.64. The highest BCUT2D eigenvalue weighted by molar-refractivity contribution is 9.10. The van der Waals surface area contributed by atoms with Crippen molar-refractivity contribution in [3.63, 3.8) is 0 Å². The molecule has 0 spiro atoms. The number of halogens is 3. The van der Waals surface area contributed by atoms with Crippen molar-refractivity contribution in [2.45, 2.75) is 6.10 Å². The van der Waals surface area contributed by atoms with Crippen molar-refractivity contribution in [1.29, 1.82) is 0 Å². The van der Waals surface area contributed by atoms with E-state index in [9.17, 15) is 0 Å². The lowest BCUT2D eigenvalue weighted by molar-refractivity contribution is 0.0819. The molecule has 0 aliphatic rings. The molecule has 0 amide bonds. The monoisotopic (exact) mass is 341 g/mol. The van der Waals surface area contributed by atoms with E-state index in [0.717, 1.165) is 4.47 Å². The zero-order chi connectivity index (χ0) is 12.8. The molecule has 1 rings (SSSR count). The molecule has 6 heteroatoms. The van der Waals surface area contributed by atoms with Crippen LogP contribution in [-0.4, -0.2) is 33.4 Å². The van der Waals surface area contributed by atoms with Gasteiger partial charge in [0.1, 0.15) is 11.9 Å². The molecule has 0 heterocycles. The van der Waals surface area contributed by atoms with Crippen LogP contribution < -0.4 is 10.1 Å². The highest BCUT2D eigenvalue weighted by Crippen LogP contribution is 2.34. The van der Waals surface area contributed by atoms with Crippen LogP contribution in [0.1, 0.15) is 0 Å². The molecule has 0 aromatic heterocycles. The smallest absolute Gasteiger partial charge is 0.140 e. The number of nitrogens with one attached hydrogen (secondary N) is 1. The second kappa shape index (κ2) is 7.44. The average Bonchev–Trinajstić information content (AvgIpc) is 2.26. The fraction of sp³-hybridized carbons (Fsp3) is 0.455. The molecule has 1 aromatic carbocycles. The second-order valence-corrected chi connectivity index (χ2v) is 5.12. The van der Waals surface area contributed by atoms with E-state index in [1.807, 2.05) is 7.05 Å². The maximum atomic E-state index is 6.07. The quantitative estimate of drug-likeness (QED) is 0.804. The lowest BCUT2D eigenvalue weighted by atomic mass is 10.3. The Hall–Kier alpha value is -0.0000000000000000555. The Morgan fingerprint density at radius 1 is 1.35 bits per heavy atom. The summed E-state index contributed by atoms with van der Waals surface area (Å²) in [5, 5.41) is 4.10. The summed E-state index contributed by atoms with van der Waals surface area (Å²) in [6.45, 7) is 1.14. The summed E-state index contributed by atoms with van der Waals surface area (Å²) in [4.78, 5) is 0. The third-order valence-corrected chi connectivity index (χ3v) is 3.55. The van der Waals surface area contributed by atoms with Gasteiger partial charge in [-0.1, -0.05) is 23.2 Å². The summed E-state index contributed by atoms with van der Waals surface area (Å²) in [6, 6.07) is 3.40. The predicted octanol–water partition coefficient (Wildman–Crippen LogP) is 3.37. The van der Waals surface area contributed by atoms with Gasteiger partial charge < -0.3 is 14.8 Å². The van der Waals surface area contributed by atoms with Crippen LogP contribution in [-0.2, 0) is 4.74 Å². The summed E-state index contributed by atoms with van der Waals surface area (Å²) in [5.74, 6) is 0.553. The number of likely N-dealkylation sites (N-methyl/N-ethyl adjacent to an activating group) is 1. The zero-order valence-corrected chi connectivity index (χ0v) is 12.7. The minimum atomic E-state index is -0.111. The molecular formula is C11H14BrCl2NO2. The number of rotatable bonds is 6. The Balaban J connectivity index is 2.81. The van der Waals surface area contributed by atoms with Gasteiger partial charge in [0.05, 0.1) is 16.7 Å². The van der Waals surface area contributed by atoms with Crippen LogP contribution in [0.2, 0.25) is 10.0 Å². The average molecular weight is 343 g/mol. The number of hydrogen-bond donors (Lipinski definition) is 1. The Morgan fingerprint density at radius 2 is 2.06 bits per heavy atom. The van der Waals surface area contributed by atoms with Crippen molar-refractivity contribution in [3.8, 4) is 5.75 Å². The van der Waals surface area contributed by atoms with Gasteiger partial charge in [-0.3, -0.25) is 0 Å². The molecule has 3 nitrogen and oxygen atoms in total. The number of methoxy groups -OCH3 is 1. The van der Waals surface area contributed by atoms with E-state index >= 15 is 0 Å². The molecule has 1 N–H and O–H groups in total. The Kier molecular flexibility index (Phi) is 6.59. The van der Waals surface area contributed by atoms with Gasteiger partial charge in [0.25, 0.3) is 0 Å². The molecule has 1 unspecified atom stereocenters. The van der Waals surface area contributed by atoms with E-state index in [1.165, 1.54) is 0 Å². The van der Waals surface area contributed by atoms with E-state index in [2.05, 4.69) is 21.2 Å². The molecule has 0 fully saturated rings. The van der Waals surface area contributed by atoms with Crippen molar-refractivity contribution in [1.82, 2.24) is 5.32 Å². The van der Waals surface area contributed by atoms with E-state index in [1.54, 1.807) is 19.2 Å². The van der Waals surface area contributed by atoms with Gasteiger partial charge in [0.2, 0.25) is 0 Å². The lowest BCUT2D eigenvalue weighted by Gasteiger charge is -2.19. The van der Waals surface area contributed by atoms with Gasteiger partial charge >= 0.3 is 0 Å². The lowest BCUT2D eigenvalue weighted by Crippen LogP contribution is -2.33. The van der Waals surface area contributed by atoms with Crippen molar-refractivity contribution in [3.05, 3.63) is 26.7 Å². The van der Waals surface area contributed by atoms with Gasteiger partial charge in [0, 0.05) is 24.2 Å². The molecule has 0 radical (unpaired) electrons. The molecule has 0 saturated heterocycles. The van der Waals surface area contributed by atoms with E-state index in [4.69, 9.17) is 32.7 Å². The first kappa shape index (κ1) is 15.1. The minimum Gasteiger partial charge on any atom is -0.485 e. The second-order valence-electron chi connectivity index (χ2n) is 3.45. The first-order valence-corrected chi connectivity index (χ1v) is 6.58. The summed E-state index contributed by atoms with van der Waals surface area (Å²) >= 11 is 15.4. The van der Waals surface area contributed by atoms with Crippen LogP contribution >= 0.6 is 39.1 Å². The van der Waals surface area contributed by atoms with Crippen LogP contribution in [0.15, 0.2) is 16.6 Å². The molecular weight excluding hydrogens is 329 g/mol. The highest BCUT2D eigenvalue weighted by Gasteiger charge is 2.13. The van der Waals surface area contributed by atoms with Crippen LogP contribution in [0.25, 0.3) is 0 Å². The Labute approximate surface area is 120 Å². The van der Waals surface area contributed by atoms with Gasteiger partial charge in [-0.15, -0.1) is 0 Å². The largest absolute Gasteiger partial charge is 0.485 e. The summed E-state index contributed by atoms with van der Waals surface area (Å²) in [5.41, 5.74) is 0. The van der Waals surface area contributed by atoms with Crippen LogP contribution in [0.4, 0.5) is 0 Å². The number of benzene rings is 1. The molecule has 0 bridgehead atoms. The molecule has 0 aliphatic heterocycles. The standard InChI is InChI=1S/C11H14BrCl2NO2/c1-15-5-7(6-16-2)17-11-4-9(13)8(12)3-10(11)14/h3-4,7,15H,5-6H2,1-2H3. The summed E-state index contributed by atoms with van der Waals surface area (Å²) < 4.78 is 11.6. The molecule has 0 aliphatic carbocycles. The van der Waals surface area contributed by atoms with E-state index in [0.29, 0.717) is 28.9 Å². The highest BCUT2D eigenvalue weighted by atomic mass is 79.9. The normalized spacial score (nSPS) is 12.5. The number of ether oxygens (including phenoxy) is 2. The fourth-order valence-electron chi connectivity index (χ4n) is 1.32. The predicted molar refractivity (Wildman–Crippen MR) is 74.4 cm³/mol. The SMILES string of the molecule is CNCC(COC)Oc1cc(Cl)c(Br)cc1Cl. The molecule has 17 heavy (non-hydrogen) atoms. The van der Waals surface area contributed by atoms with Gasteiger partial charge in [-0.2, -0.15) is 0 Å². The first-order valence-electron chi connectivity index (χ1n) is 5.03. The van der Waals surface area contributed by atoms with Crippen molar-refractivity contribution < 1.29 is 9.47 Å². The maximum absolute atomic E-state index is 6.07. The summed E-state index contributed by atoms with van der Waals surface area (Å²) in [6.07, 6.45) is -0.111. The topological polar surface area (TPSA) is 30.5 Å². The van der Waals surface area contributed by atoms with E-state index in [-0.39, 0.29) is 6.10 Å². The maximum Gasteiger partial charge on any atom is 0.140 e. The van der Waals surface area contributed by atoms with Crippen LogP contribution in [0.3, 0.4) is 0 Å². The van der Waals surface area contributed by atoms with E-state index < -0.39 is 0 Å². The molecule has 96 valence electrons. The van der Waals surface area contributed by atoms with Crippen molar-refractivity contribution in [2.75, 3.05) is 27.3 Å². The van der Waals surface area contributed by atoms with Gasteiger partial charge in [-0.25, -0.2) is 0 Å².